The van der Waals surface area contributed by atoms with E-state index in [4.69, 9.17) is 4.74 Å². The highest BCUT2D eigenvalue weighted by molar-refractivity contribution is 8.03. The minimum atomic E-state index is 0.630. The van der Waals surface area contributed by atoms with Crippen molar-refractivity contribution in [2.45, 2.75) is 25.9 Å². The van der Waals surface area contributed by atoms with Gasteiger partial charge < -0.3 is 4.74 Å². The highest BCUT2D eigenvalue weighted by Crippen LogP contribution is 2.22. The lowest BCUT2D eigenvalue weighted by Crippen LogP contribution is -2.00. The largest absolute Gasteiger partial charge is 0.489 e. The summed E-state index contributed by atoms with van der Waals surface area (Å²) in [7, 11) is 0. The van der Waals surface area contributed by atoms with Gasteiger partial charge in [0, 0.05) is 34.5 Å². The third-order valence-corrected chi connectivity index (χ3v) is 10.5. The highest BCUT2D eigenvalue weighted by atomic mass is 32.2. The molecule has 0 saturated carbocycles. The van der Waals surface area contributed by atoms with Gasteiger partial charge in [0.1, 0.15) is 12.4 Å². The summed E-state index contributed by atoms with van der Waals surface area (Å²) < 4.78 is 6.20. The molecular formula is C26H38OS6. The van der Waals surface area contributed by atoms with Crippen LogP contribution in [0.3, 0.4) is 0 Å². The van der Waals surface area contributed by atoms with Crippen LogP contribution < -0.4 is 4.74 Å². The summed E-state index contributed by atoms with van der Waals surface area (Å²) in [5.41, 5.74) is 3.97. The van der Waals surface area contributed by atoms with Crippen LogP contribution in [0.4, 0.5) is 0 Å². The average Bonchev–Trinajstić information content (AvgIpc) is 2.85. The number of para-hydroxylation sites is 1. The van der Waals surface area contributed by atoms with E-state index >= 15 is 0 Å². The zero-order valence-corrected chi connectivity index (χ0v) is 24.5. The van der Waals surface area contributed by atoms with Gasteiger partial charge in [-0.1, -0.05) is 42.5 Å². The molecular weight excluding hydrogens is 521 g/mol. The lowest BCUT2D eigenvalue weighted by Gasteiger charge is -2.12. The molecule has 0 aromatic heterocycles. The molecule has 0 amide bonds. The summed E-state index contributed by atoms with van der Waals surface area (Å²) in [6.07, 6.45) is 3.41. The molecule has 2 aromatic carbocycles. The van der Waals surface area contributed by atoms with Gasteiger partial charge >= 0.3 is 0 Å². The van der Waals surface area contributed by atoms with Gasteiger partial charge in [0.15, 0.2) is 0 Å². The van der Waals surface area contributed by atoms with Crippen molar-refractivity contribution in [3.8, 4) is 5.75 Å². The number of thioether (sulfide) groups is 4. The third-order valence-electron chi connectivity index (χ3n) is 4.88. The zero-order chi connectivity index (χ0) is 23.4. The Hall–Kier alpha value is 0.340. The fraction of sp³-hybridized carbons (Fsp3) is 0.538. The molecule has 0 atom stereocenters. The Morgan fingerprint density at radius 1 is 0.576 bits per heavy atom. The molecule has 0 N–H and O–H groups in total. The van der Waals surface area contributed by atoms with Crippen molar-refractivity contribution >= 4 is 72.3 Å². The Morgan fingerprint density at radius 2 is 1.15 bits per heavy atom. The Bertz CT molecular complexity index is 725. The Labute approximate surface area is 230 Å². The lowest BCUT2D eigenvalue weighted by atomic mass is 10.1. The number of benzene rings is 2. The fourth-order valence-corrected chi connectivity index (χ4v) is 7.61. The number of hydrogen-bond acceptors (Lipinski definition) is 7. The molecule has 184 valence electrons. The molecule has 0 radical (unpaired) electrons. The van der Waals surface area contributed by atoms with Crippen LogP contribution in [0.5, 0.6) is 5.75 Å². The predicted molar refractivity (Wildman–Crippen MR) is 166 cm³/mol. The molecule has 2 rings (SSSR count). The van der Waals surface area contributed by atoms with Gasteiger partial charge in [-0.05, 0) is 65.0 Å². The summed E-state index contributed by atoms with van der Waals surface area (Å²) in [6.45, 7) is 0.630. The van der Waals surface area contributed by atoms with Crippen LogP contribution in [0.15, 0.2) is 48.5 Å². The van der Waals surface area contributed by atoms with Crippen molar-refractivity contribution in [2.75, 3.05) is 57.5 Å². The number of thiol groups is 2. The van der Waals surface area contributed by atoms with Crippen molar-refractivity contribution < 1.29 is 4.74 Å². The zero-order valence-electron chi connectivity index (χ0n) is 19.5. The summed E-state index contributed by atoms with van der Waals surface area (Å²) in [5, 5.41) is 0. The smallest absolute Gasteiger partial charge is 0.122 e. The van der Waals surface area contributed by atoms with E-state index in [-0.39, 0.29) is 0 Å². The van der Waals surface area contributed by atoms with Gasteiger partial charge in [-0.15, -0.1) is 0 Å². The summed E-state index contributed by atoms with van der Waals surface area (Å²) in [6, 6.07) is 17.5. The van der Waals surface area contributed by atoms with Gasteiger partial charge in [-0.3, -0.25) is 0 Å². The monoisotopic (exact) mass is 558 g/mol. The molecule has 0 heterocycles. The second-order valence-electron chi connectivity index (χ2n) is 7.46. The van der Waals surface area contributed by atoms with Crippen molar-refractivity contribution in [1.29, 1.82) is 0 Å². The second-order valence-corrected chi connectivity index (χ2v) is 13.3. The maximum absolute atomic E-state index is 6.20. The standard InChI is InChI=1S/C26H38OS6/c28-12-16-32-20-18-30-14-3-5-25-4-1-2-6-26(25)27-22-24-9-7-23(8-10-24)11-15-31-19-21-33-17-13-29/h1-2,4,6-10,28-29H,3,5,11-22H2. The maximum atomic E-state index is 6.20. The van der Waals surface area contributed by atoms with E-state index in [0.29, 0.717) is 6.61 Å². The molecule has 33 heavy (non-hydrogen) atoms. The first-order valence-electron chi connectivity index (χ1n) is 11.6. The van der Waals surface area contributed by atoms with E-state index in [1.54, 1.807) is 0 Å². The van der Waals surface area contributed by atoms with Crippen LogP contribution in [-0.2, 0) is 19.4 Å². The molecule has 0 aliphatic rings. The Kier molecular flexibility index (Phi) is 18.4. The first-order chi connectivity index (χ1) is 16.3. The third kappa shape index (κ3) is 14.5. The van der Waals surface area contributed by atoms with Gasteiger partial charge in [0.05, 0.1) is 0 Å². The topological polar surface area (TPSA) is 9.23 Å². The van der Waals surface area contributed by atoms with Crippen LogP contribution in [0.25, 0.3) is 0 Å². The second kappa shape index (κ2) is 20.5. The van der Waals surface area contributed by atoms with Gasteiger partial charge in [0.25, 0.3) is 0 Å². The Balaban J connectivity index is 1.64. The number of aryl methyl sites for hydroxylation is 2. The number of rotatable bonds is 20. The summed E-state index contributed by atoms with van der Waals surface area (Å²) in [4.78, 5) is 0. The minimum absolute atomic E-state index is 0.630. The quantitative estimate of drug-likeness (QED) is 0.128. The van der Waals surface area contributed by atoms with E-state index in [1.807, 2.05) is 35.3 Å². The molecule has 0 spiro atoms. The van der Waals surface area contributed by atoms with Crippen molar-refractivity contribution in [2.24, 2.45) is 0 Å². The molecule has 0 aliphatic heterocycles. The number of hydrogen-bond donors (Lipinski definition) is 2. The SMILES string of the molecule is SCCSCCSCCCc1ccccc1OCc1ccc(CCSCCSCCS)cc1. The molecule has 0 bridgehead atoms. The first-order valence-corrected chi connectivity index (χ1v) is 17.5. The van der Waals surface area contributed by atoms with Crippen LogP contribution in [0.1, 0.15) is 23.1 Å². The van der Waals surface area contributed by atoms with E-state index < -0.39 is 0 Å². The fourth-order valence-electron chi connectivity index (χ4n) is 3.14. The highest BCUT2D eigenvalue weighted by Gasteiger charge is 2.04. The molecule has 0 saturated heterocycles. The Morgan fingerprint density at radius 3 is 1.82 bits per heavy atom. The van der Waals surface area contributed by atoms with Crippen molar-refractivity contribution in [3.05, 3.63) is 65.2 Å². The van der Waals surface area contributed by atoms with E-state index in [9.17, 15) is 0 Å². The normalized spacial score (nSPS) is 11.1. The molecule has 7 heteroatoms. The maximum Gasteiger partial charge on any atom is 0.122 e. The van der Waals surface area contributed by atoms with Gasteiger partial charge in [0.2, 0.25) is 0 Å². The molecule has 0 unspecified atom stereocenters. The van der Waals surface area contributed by atoms with Crippen LogP contribution in [0.2, 0.25) is 0 Å². The van der Waals surface area contributed by atoms with E-state index in [1.165, 1.54) is 57.6 Å². The first kappa shape index (κ1) is 29.6. The van der Waals surface area contributed by atoms with Gasteiger partial charge in [-0.25, -0.2) is 0 Å². The molecule has 0 fully saturated rings. The average molecular weight is 559 g/mol. The predicted octanol–water partition coefficient (Wildman–Crippen LogP) is 7.53. The lowest BCUT2D eigenvalue weighted by molar-refractivity contribution is 0.303. The summed E-state index contributed by atoms with van der Waals surface area (Å²) in [5.74, 6) is 12.7. The van der Waals surface area contributed by atoms with Gasteiger partial charge in [-0.2, -0.15) is 72.3 Å². The van der Waals surface area contributed by atoms with Crippen LogP contribution in [-0.4, -0.2) is 57.5 Å². The molecule has 2 aromatic rings. The van der Waals surface area contributed by atoms with E-state index in [2.05, 4.69) is 85.6 Å². The van der Waals surface area contributed by atoms with E-state index in [0.717, 1.165) is 41.6 Å². The van der Waals surface area contributed by atoms with Crippen molar-refractivity contribution in [1.82, 2.24) is 0 Å². The molecule has 0 aliphatic carbocycles. The number of ether oxygens (including phenoxy) is 1. The van der Waals surface area contributed by atoms with Crippen molar-refractivity contribution in [3.63, 3.8) is 0 Å². The van der Waals surface area contributed by atoms with Crippen LogP contribution in [0, 0.1) is 0 Å². The minimum Gasteiger partial charge on any atom is -0.489 e. The summed E-state index contributed by atoms with van der Waals surface area (Å²) >= 11 is 16.6. The van der Waals surface area contributed by atoms with Crippen LogP contribution >= 0.6 is 72.3 Å². The molecule has 1 nitrogen and oxygen atoms in total.